The fourth-order valence-corrected chi connectivity index (χ4v) is 6.79. The number of carbonyl (C=O) groups excluding carboxylic acids is 2. The molecular weight excluding hydrogens is 615 g/mol. The van der Waals surface area contributed by atoms with Gasteiger partial charge in [-0.3, -0.25) is 14.6 Å². The van der Waals surface area contributed by atoms with E-state index in [0.29, 0.717) is 55.6 Å². The first-order valence-electron chi connectivity index (χ1n) is 16.0. The average Bonchev–Trinajstić information content (AvgIpc) is 3.20. The van der Waals surface area contributed by atoms with Gasteiger partial charge in [0.2, 0.25) is 6.41 Å². The van der Waals surface area contributed by atoms with Crippen LogP contribution in [0, 0.1) is 0 Å². The van der Waals surface area contributed by atoms with Crippen molar-refractivity contribution in [3.8, 4) is 0 Å². The molecule has 0 saturated carbocycles. The molecule has 2 unspecified atom stereocenters. The van der Waals surface area contributed by atoms with Crippen LogP contribution in [0.1, 0.15) is 30.4 Å². The van der Waals surface area contributed by atoms with Crippen LogP contribution in [0.25, 0.3) is 0 Å². The highest BCUT2D eigenvalue weighted by Gasteiger charge is 2.35. The lowest BCUT2D eigenvalue weighted by Crippen LogP contribution is -2.55. The Morgan fingerprint density at radius 1 is 1.02 bits per heavy atom. The molecule has 2 N–H and O–H groups in total. The van der Waals surface area contributed by atoms with Gasteiger partial charge in [-0.1, -0.05) is 47.5 Å². The normalized spacial score (nSPS) is 20.1. The van der Waals surface area contributed by atoms with Crippen molar-refractivity contribution in [2.75, 3.05) is 78.3 Å². The lowest BCUT2D eigenvalue weighted by Gasteiger charge is -2.40. The Balaban J connectivity index is 1.18. The maximum Gasteiger partial charge on any atom is 0.322 e. The van der Waals surface area contributed by atoms with Gasteiger partial charge in [-0.05, 0) is 82.2 Å². The first-order chi connectivity index (χ1) is 21.7. The van der Waals surface area contributed by atoms with Crippen LogP contribution in [-0.2, 0) is 22.4 Å². The highest BCUT2D eigenvalue weighted by molar-refractivity contribution is 6.42. The Morgan fingerprint density at radius 2 is 1.76 bits per heavy atom. The summed E-state index contributed by atoms with van der Waals surface area (Å²) in [5.41, 5.74) is 2.82. The van der Waals surface area contributed by atoms with Gasteiger partial charge in [0.25, 0.3) is 5.91 Å². The molecule has 3 heterocycles. The van der Waals surface area contributed by atoms with Gasteiger partial charge in [-0.2, -0.15) is 0 Å². The van der Waals surface area contributed by atoms with E-state index in [1.54, 1.807) is 12.1 Å². The lowest BCUT2D eigenvalue weighted by molar-refractivity contribution is -0.225. The number of hydrogen-bond acceptors (Lipinski definition) is 7. The largest absolute Gasteiger partial charge is 0.356 e. The monoisotopic (exact) mass is 660 g/mol. The second-order valence-corrected chi connectivity index (χ2v) is 13.3. The molecule has 2 saturated heterocycles. The second-order valence-electron chi connectivity index (χ2n) is 12.5. The van der Waals surface area contributed by atoms with E-state index < -0.39 is 12.5 Å². The van der Waals surface area contributed by atoms with Gasteiger partial charge in [0, 0.05) is 64.0 Å². The zero-order valence-electron chi connectivity index (χ0n) is 26.3. The van der Waals surface area contributed by atoms with E-state index in [0.717, 1.165) is 55.8 Å². The van der Waals surface area contributed by atoms with Crippen molar-refractivity contribution < 1.29 is 19.4 Å². The van der Waals surface area contributed by atoms with Crippen LogP contribution >= 0.6 is 23.2 Å². The fourth-order valence-electron chi connectivity index (χ4n) is 6.47. The number of para-hydroxylation sites is 1. The second kappa shape index (κ2) is 15.9. The molecule has 246 valence electrons. The predicted octanol–water partition coefficient (Wildman–Crippen LogP) is 3.85. The fraction of sp³-hybridized carbons (Fsp3) is 0.576. The van der Waals surface area contributed by atoms with Gasteiger partial charge in [0.05, 0.1) is 10.0 Å². The van der Waals surface area contributed by atoms with Gasteiger partial charge < -0.3 is 29.9 Å². The summed E-state index contributed by atoms with van der Waals surface area (Å²) in [6.45, 7) is 6.63. The Labute approximate surface area is 276 Å². The quantitative estimate of drug-likeness (QED) is 0.354. The van der Waals surface area contributed by atoms with Crippen LogP contribution in [-0.4, -0.2) is 133 Å². The number of aliphatic hydroxyl groups is 1. The summed E-state index contributed by atoms with van der Waals surface area (Å²) < 4.78 is 6.16. The van der Waals surface area contributed by atoms with E-state index in [1.165, 1.54) is 0 Å². The molecule has 10 nitrogen and oxygen atoms in total. The molecule has 0 aliphatic carbocycles. The molecule has 3 aliphatic heterocycles. The third kappa shape index (κ3) is 9.10. The summed E-state index contributed by atoms with van der Waals surface area (Å²) in [5.74, 6) is -0.135. The smallest absolute Gasteiger partial charge is 0.322 e. The molecule has 2 aromatic carbocycles. The third-order valence-corrected chi connectivity index (χ3v) is 9.86. The van der Waals surface area contributed by atoms with Gasteiger partial charge in [-0.25, -0.2) is 4.79 Å². The van der Waals surface area contributed by atoms with E-state index in [9.17, 15) is 14.7 Å². The number of nitrogens with zero attached hydrogens (tertiary/aromatic N) is 5. The van der Waals surface area contributed by atoms with Crippen LogP contribution in [0.4, 0.5) is 10.5 Å². The van der Waals surface area contributed by atoms with E-state index in [1.807, 2.05) is 39.0 Å². The zero-order chi connectivity index (χ0) is 31.9. The maximum absolute atomic E-state index is 13.8. The molecule has 2 fully saturated rings. The molecular formula is C33H46Cl2N6O4. The van der Waals surface area contributed by atoms with Crippen LogP contribution < -0.4 is 5.32 Å². The average molecular weight is 662 g/mol. The molecule has 2 aromatic rings. The number of ether oxygens (including phenoxy) is 1. The van der Waals surface area contributed by atoms with Crippen molar-refractivity contribution in [2.45, 2.75) is 50.7 Å². The Bertz CT molecular complexity index is 1300. The van der Waals surface area contributed by atoms with Gasteiger partial charge >= 0.3 is 6.03 Å². The number of anilines is 1. The molecule has 0 bridgehead atoms. The van der Waals surface area contributed by atoms with Crippen molar-refractivity contribution in [1.82, 2.24) is 24.5 Å². The number of halogens is 2. The van der Waals surface area contributed by atoms with E-state index >= 15 is 0 Å². The van der Waals surface area contributed by atoms with Gasteiger partial charge in [-0.15, -0.1) is 0 Å². The standard InChI is InChI=1S/C33H46Cl2N6O4/c1-37(2)13-5-14-38-18-20-39(21-19-38)31(42)30(23-24-8-9-27(34)28(35)22-24)45-33(44)40-15-11-26(12-16-40)41-17-10-25-6-3-4-7-29(25)36-32(41)43/h3-4,6-9,22,26,30,33,44H,5,10-21,23H2,1-2H3,(H,36,43). The van der Waals surface area contributed by atoms with Crippen molar-refractivity contribution in [1.29, 1.82) is 0 Å². The number of nitrogens with one attached hydrogen (secondary N) is 1. The first-order valence-corrected chi connectivity index (χ1v) is 16.8. The third-order valence-electron chi connectivity index (χ3n) is 9.12. The minimum absolute atomic E-state index is 0.0606. The first kappa shape index (κ1) is 33.9. The number of urea groups is 1. The van der Waals surface area contributed by atoms with Crippen molar-refractivity contribution in [3.05, 3.63) is 63.6 Å². The summed E-state index contributed by atoms with van der Waals surface area (Å²) in [6, 6.07) is 13.2. The molecule has 3 aliphatic rings. The minimum Gasteiger partial charge on any atom is -0.356 e. The maximum atomic E-state index is 13.8. The molecule has 0 radical (unpaired) electrons. The Morgan fingerprint density at radius 3 is 2.47 bits per heavy atom. The molecule has 0 aromatic heterocycles. The summed E-state index contributed by atoms with van der Waals surface area (Å²) in [6.07, 6.45) is 1.41. The van der Waals surface area contributed by atoms with Crippen molar-refractivity contribution in [2.24, 2.45) is 0 Å². The molecule has 2 atom stereocenters. The summed E-state index contributed by atoms with van der Waals surface area (Å²) >= 11 is 12.4. The number of carbonyl (C=O) groups is 2. The van der Waals surface area contributed by atoms with Crippen molar-refractivity contribution in [3.63, 3.8) is 0 Å². The lowest BCUT2D eigenvalue weighted by atomic mass is 10.0. The highest BCUT2D eigenvalue weighted by atomic mass is 35.5. The van der Waals surface area contributed by atoms with Crippen LogP contribution in [0.3, 0.4) is 0 Å². The van der Waals surface area contributed by atoms with E-state index in [4.69, 9.17) is 27.9 Å². The number of hydrogen-bond donors (Lipinski definition) is 2. The van der Waals surface area contributed by atoms with E-state index in [2.05, 4.69) is 35.3 Å². The number of fused-ring (bicyclic) bond motifs is 1. The van der Waals surface area contributed by atoms with Crippen LogP contribution in [0.2, 0.25) is 10.0 Å². The number of benzene rings is 2. The Kier molecular flexibility index (Phi) is 12.0. The van der Waals surface area contributed by atoms with Crippen LogP contribution in [0.15, 0.2) is 42.5 Å². The Hall–Kier alpha value is -2.44. The number of amides is 3. The molecule has 5 rings (SSSR count). The molecule has 3 amide bonds. The van der Waals surface area contributed by atoms with Crippen LogP contribution in [0.5, 0.6) is 0 Å². The number of aliphatic hydroxyl groups excluding tert-OH is 1. The number of rotatable bonds is 11. The van der Waals surface area contributed by atoms with Crippen molar-refractivity contribution >= 4 is 40.8 Å². The number of likely N-dealkylation sites (tertiary alicyclic amines) is 1. The minimum atomic E-state index is -1.25. The predicted molar refractivity (Wildman–Crippen MR) is 178 cm³/mol. The summed E-state index contributed by atoms with van der Waals surface area (Å²) in [5, 5.41) is 15.2. The molecule has 45 heavy (non-hydrogen) atoms. The number of piperazine rings is 1. The molecule has 12 heteroatoms. The van der Waals surface area contributed by atoms with E-state index in [-0.39, 0.29) is 24.4 Å². The van der Waals surface area contributed by atoms with Gasteiger partial charge in [0.1, 0.15) is 6.10 Å². The highest BCUT2D eigenvalue weighted by Crippen LogP contribution is 2.27. The topological polar surface area (TPSA) is 91.8 Å². The molecule has 0 spiro atoms. The summed E-state index contributed by atoms with van der Waals surface area (Å²) in [7, 11) is 4.16. The SMILES string of the molecule is CN(C)CCCN1CCN(C(=O)C(Cc2ccc(Cl)c(Cl)c2)OC(O)N2CCC(N3CCc4ccccc4NC3=O)CC2)CC1. The van der Waals surface area contributed by atoms with Gasteiger partial charge in [0.15, 0.2) is 0 Å². The zero-order valence-corrected chi connectivity index (χ0v) is 27.8. The summed E-state index contributed by atoms with van der Waals surface area (Å²) in [4.78, 5) is 37.1. The number of piperidine rings is 1.